The molecule has 0 fully saturated rings. The minimum atomic E-state index is -0.135. The number of allylic oxidation sites excluding steroid dienone is 3. The largest absolute Gasteiger partial charge is 0.461 e. The number of fused-ring (bicyclic) bond motifs is 1. The third kappa shape index (κ3) is 2.24. The highest BCUT2D eigenvalue weighted by Crippen LogP contribution is 2.38. The predicted molar refractivity (Wildman–Crippen MR) is 75.4 cm³/mol. The Morgan fingerprint density at radius 1 is 1.39 bits per heavy atom. The van der Waals surface area contributed by atoms with Crippen LogP contribution in [-0.4, -0.2) is 0 Å². The van der Waals surface area contributed by atoms with E-state index in [1.54, 1.807) is 0 Å². The lowest BCUT2D eigenvalue weighted by atomic mass is 9.93. The summed E-state index contributed by atoms with van der Waals surface area (Å²) in [6, 6.07) is 5.93. The van der Waals surface area contributed by atoms with E-state index in [1.165, 1.54) is 0 Å². The first-order valence-corrected chi connectivity index (χ1v) is 6.08. The van der Waals surface area contributed by atoms with Crippen LogP contribution in [0.3, 0.4) is 0 Å². The molecule has 2 heteroatoms. The van der Waals surface area contributed by atoms with Crippen LogP contribution in [0.1, 0.15) is 31.0 Å². The molecule has 0 aromatic heterocycles. The van der Waals surface area contributed by atoms with Gasteiger partial charge in [-0.25, -0.2) is 0 Å². The molecule has 2 nitrogen and oxygen atoms in total. The van der Waals surface area contributed by atoms with Gasteiger partial charge in [-0.3, -0.25) is 0 Å². The van der Waals surface area contributed by atoms with Crippen molar-refractivity contribution in [1.82, 2.24) is 0 Å². The molecule has 1 aliphatic heterocycles. The summed E-state index contributed by atoms with van der Waals surface area (Å²) in [6.45, 7) is 9.80. The van der Waals surface area contributed by atoms with E-state index < -0.39 is 0 Å². The number of hydrogen-bond donors (Lipinski definition) is 1. The van der Waals surface area contributed by atoms with Crippen molar-refractivity contribution < 1.29 is 4.74 Å². The monoisotopic (exact) mass is 241 g/mol. The maximum Gasteiger partial charge on any atom is 0.134 e. The van der Waals surface area contributed by atoms with E-state index >= 15 is 0 Å². The fourth-order valence-electron chi connectivity index (χ4n) is 2.11. The normalized spacial score (nSPS) is 18.8. The van der Waals surface area contributed by atoms with Gasteiger partial charge in [-0.2, -0.15) is 0 Å². The van der Waals surface area contributed by atoms with Gasteiger partial charge in [0.2, 0.25) is 0 Å². The molecule has 1 heterocycles. The Kier molecular flexibility index (Phi) is 3.39. The zero-order valence-corrected chi connectivity index (χ0v) is 11.2. The topological polar surface area (TPSA) is 35.2 Å². The number of rotatable bonds is 2. The Hall–Kier alpha value is -1.80. The van der Waals surface area contributed by atoms with Crippen LogP contribution in [0, 0.1) is 6.92 Å². The Balaban J connectivity index is 2.45. The van der Waals surface area contributed by atoms with Gasteiger partial charge in [-0.1, -0.05) is 42.5 Å². The Morgan fingerprint density at radius 2 is 2.11 bits per heavy atom. The third-order valence-corrected chi connectivity index (χ3v) is 3.12. The van der Waals surface area contributed by atoms with Crippen LogP contribution in [0.15, 0.2) is 53.8 Å². The number of nitrogens with two attached hydrogens (primary N) is 1. The summed E-state index contributed by atoms with van der Waals surface area (Å²) in [4.78, 5) is 0. The summed E-state index contributed by atoms with van der Waals surface area (Å²) in [7, 11) is 0. The first kappa shape index (κ1) is 12.7. The van der Waals surface area contributed by atoms with Crippen molar-refractivity contribution in [2.75, 3.05) is 0 Å². The van der Waals surface area contributed by atoms with Gasteiger partial charge in [0.1, 0.15) is 11.5 Å². The fraction of sp³-hybridized carbons (Fsp3) is 0.250. The Morgan fingerprint density at radius 3 is 2.78 bits per heavy atom. The maximum absolute atomic E-state index is 6.32. The molecule has 1 atom stereocenters. The first-order valence-electron chi connectivity index (χ1n) is 6.08. The SMILES string of the molecule is C=C(C)C=CC1=C(C)Oc2c(C)cccc2C1N. The molecule has 0 amide bonds. The van der Waals surface area contributed by atoms with E-state index in [-0.39, 0.29) is 6.04 Å². The number of aryl methyl sites for hydroxylation is 1. The van der Waals surface area contributed by atoms with Gasteiger partial charge in [-0.05, 0) is 26.3 Å². The van der Waals surface area contributed by atoms with Crippen molar-refractivity contribution in [1.29, 1.82) is 0 Å². The molecule has 1 aliphatic rings. The van der Waals surface area contributed by atoms with Crippen LogP contribution in [0.2, 0.25) is 0 Å². The van der Waals surface area contributed by atoms with Crippen LogP contribution in [0.4, 0.5) is 0 Å². The minimum Gasteiger partial charge on any atom is -0.461 e. The predicted octanol–water partition coefficient (Wildman–Crippen LogP) is 3.79. The lowest BCUT2D eigenvalue weighted by Crippen LogP contribution is -2.20. The van der Waals surface area contributed by atoms with Crippen molar-refractivity contribution in [3.63, 3.8) is 0 Å². The van der Waals surface area contributed by atoms with Gasteiger partial charge in [0.25, 0.3) is 0 Å². The first-order chi connectivity index (χ1) is 8.50. The molecule has 2 rings (SSSR count). The smallest absolute Gasteiger partial charge is 0.134 e. The highest BCUT2D eigenvalue weighted by molar-refractivity contribution is 5.51. The molecule has 0 bridgehead atoms. The number of ether oxygens (including phenoxy) is 1. The van der Waals surface area contributed by atoms with Gasteiger partial charge >= 0.3 is 0 Å². The average Bonchev–Trinajstić information content (AvgIpc) is 2.30. The lowest BCUT2D eigenvalue weighted by molar-refractivity contribution is 0.393. The van der Waals surface area contributed by atoms with Crippen molar-refractivity contribution in [2.45, 2.75) is 26.8 Å². The molecule has 1 aromatic carbocycles. The van der Waals surface area contributed by atoms with Crippen LogP contribution in [0.5, 0.6) is 5.75 Å². The summed E-state index contributed by atoms with van der Waals surface area (Å²) in [5, 5.41) is 0. The second-order valence-electron chi connectivity index (χ2n) is 4.76. The van der Waals surface area contributed by atoms with Gasteiger partial charge in [0.15, 0.2) is 0 Å². The minimum absolute atomic E-state index is 0.135. The summed E-state index contributed by atoms with van der Waals surface area (Å²) in [5.41, 5.74) is 10.5. The highest BCUT2D eigenvalue weighted by Gasteiger charge is 2.24. The van der Waals surface area contributed by atoms with Gasteiger partial charge in [0.05, 0.1) is 6.04 Å². The molecule has 0 saturated carbocycles. The van der Waals surface area contributed by atoms with Crippen LogP contribution in [-0.2, 0) is 0 Å². The quantitative estimate of drug-likeness (QED) is 0.799. The molecule has 18 heavy (non-hydrogen) atoms. The number of hydrogen-bond acceptors (Lipinski definition) is 2. The molecule has 0 spiro atoms. The number of benzene rings is 1. The maximum atomic E-state index is 6.32. The molecule has 2 N–H and O–H groups in total. The average molecular weight is 241 g/mol. The van der Waals surface area contributed by atoms with Gasteiger partial charge < -0.3 is 10.5 Å². The molecule has 1 aromatic rings. The molecule has 0 aliphatic carbocycles. The molecule has 1 unspecified atom stereocenters. The third-order valence-electron chi connectivity index (χ3n) is 3.12. The summed E-state index contributed by atoms with van der Waals surface area (Å²) < 4.78 is 5.90. The van der Waals surface area contributed by atoms with E-state index in [0.29, 0.717) is 0 Å². The molecular weight excluding hydrogens is 222 g/mol. The van der Waals surface area contributed by atoms with E-state index in [2.05, 4.69) is 6.58 Å². The van der Waals surface area contributed by atoms with Gasteiger partial charge in [-0.15, -0.1) is 0 Å². The Labute approximate surface area is 108 Å². The molecule has 94 valence electrons. The van der Waals surface area contributed by atoms with Crippen molar-refractivity contribution >= 4 is 0 Å². The summed E-state index contributed by atoms with van der Waals surface area (Å²) in [5.74, 6) is 1.76. The van der Waals surface area contributed by atoms with Crippen molar-refractivity contribution in [3.8, 4) is 5.75 Å². The molecule has 0 saturated heterocycles. The molecular formula is C16H19NO. The second-order valence-corrected chi connectivity index (χ2v) is 4.76. The van der Waals surface area contributed by atoms with Crippen LogP contribution >= 0.6 is 0 Å². The fourth-order valence-corrected chi connectivity index (χ4v) is 2.11. The summed E-state index contributed by atoms with van der Waals surface area (Å²) >= 11 is 0. The van der Waals surface area contributed by atoms with E-state index in [0.717, 1.165) is 33.8 Å². The van der Waals surface area contributed by atoms with E-state index in [4.69, 9.17) is 10.5 Å². The van der Waals surface area contributed by atoms with Crippen LogP contribution < -0.4 is 10.5 Å². The molecule has 0 radical (unpaired) electrons. The van der Waals surface area contributed by atoms with E-state index in [9.17, 15) is 0 Å². The van der Waals surface area contributed by atoms with Crippen molar-refractivity contribution in [2.24, 2.45) is 5.73 Å². The zero-order valence-electron chi connectivity index (χ0n) is 11.2. The zero-order chi connectivity index (χ0) is 13.3. The second kappa shape index (κ2) is 4.83. The van der Waals surface area contributed by atoms with Crippen LogP contribution in [0.25, 0.3) is 0 Å². The number of para-hydroxylation sites is 1. The lowest BCUT2D eigenvalue weighted by Gasteiger charge is -2.26. The summed E-state index contributed by atoms with van der Waals surface area (Å²) in [6.07, 6.45) is 3.95. The highest BCUT2D eigenvalue weighted by atomic mass is 16.5. The van der Waals surface area contributed by atoms with E-state index in [1.807, 2.05) is 51.1 Å². The Bertz CT molecular complexity index is 552. The standard InChI is InChI=1S/C16H19NO/c1-10(2)8-9-13-12(4)18-16-11(3)6-5-7-14(16)15(13)17/h5-9,15H,1,17H2,2-4H3. The van der Waals surface area contributed by atoms with Crippen molar-refractivity contribution in [3.05, 3.63) is 65.0 Å². The van der Waals surface area contributed by atoms with Gasteiger partial charge in [0, 0.05) is 11.1 Å².